The molecule has 3 aliphatic carbocycles. The van der Waals surface area contributed by atoms with Crippen molar-refractivity contribution in [3.05, 3.63) is 0 Å². The zero-order valence-corrected chi connectivity index (χ0v) is 10.9. The molecule has 3 rings (SSSR count). The SMILES string of the molecule is OC(CNC1CCC2CCCCC2C1)C1CC1. The molecule has 2 heteroatoms. The summed E-state index contributed by atoms with van der Waals surface area (Å²) in [7, 11) is 0. The summed E-state index contributed by atoms with van der Waals surface area (Å²) in [6.45, 7) is 0.840. The highest BCUT2D eigenvalue weighted by Gasteiger charge is 2.33. The van der Waals surface area contributed by atoms with Gasteiger partial charge in [0.15, 0.2) is 0 Å². The first-order valence-corrected chi connectivity index (χ1v) is 7.74. The number of hydrogen-bond acceptors (Lipinski definition) is 2. The van der Waals surface area contributed by atoms with Crippen LogP contribution in [-0.4, -0.2) is 23.8 Å². The van der Waals surface area contributed by atoms with E-state index >= 15 is 0 Å². The van der Waals surface area contributed by atoms with Crippen LogP contribution in [0.3, 0.4) is 0 Å². The van der Waals surface area contributed by atoms with Crippen molar-refractivity contribution in [2.45, 2.75) is 69.9 Å². The van der Waals surface area contributed by atoms with Gasteiger partial charge in [-0.15, -0.1) is 0 Å². The topological polar surface area (TPSA) is 32.3 Å². The van der Waals surface area contributed by atoms with Gasteiger partial charge >= 0.3 is 0 Å². The molecule has 2 nitrogen and oxygen atoms in total. The molecular weight excluding hydrogens is 210 g/mol. The van der Waals surface area contributed by atoms with Crippen LogP contribution in [0.5, 0.6) is 0 Å². The third-order valence-corrected chi connectivity index (χ3v) is 5.32. The lowest BCUT2D eigenvalue weighted by molar-refractivity contribution is 0.116. The summed E-state index contributed by atoms with van der Waals surface area (Å²) in [6, 6.07) is 0.697. The number of hydrogen-bond donors (Lipinski definition) is 2. The molecule has 0 aromatic rings. The van der Waals surface area contributed by atoms with Crippen LogP contribution in [0.15, 0.2) is 0 Å². The van der Waals surface area contributed by atoms with Crippen molar-refractivity contribution in [2.24, 2.45) is 17.8 Å². The largest absolute Gasteiger partial charge is 0.392 e. The first-order chi connectivity index (χ1) is 8.33. The van der Waals surface area contributed by atoms with Crippen molar-refractivity contribution in [3.63, 3.8) is 0 Å². The van der Waals surface area contributed by atoms with E-state index in [2.05, 4.69) is 5.32 Å². The smallest absolute Gasteiger partial charge is 0.0692 e. The summed E-state index contributed by atoms with van der Waals surface area (Å²) in [4.78, 5) is 0. The van der Waals surface area contributed by atoms with Crippen molar-refractivity contribution in [3.8, 4) is 0 Å². The van der Waals surface area contributed by atoms with E-state index in [1.54, 1.807) is 0 Å². The van der Waals surface area contributed by atoms with Gasteiger partial charge in [0.05, 0.1) is 6.10 Å². The Kier molecular flexibility index (Phi) is 3.72. The van der Waals surface area contributed by atoms with E-state index in [1.807, 2.05) is 0 Å². The molecular formula is C15H27NO. The molecule has 0 amide bonds. The quantitative estimate of drug-likeness (QED) is 0.788. The van der Waals surface area contributed by atoms with E-state index in [1.165, 1.54) is 57.8 Å². The summed E-state index contributed by atoms with van der Waals surface area (Å²) in [5.41, 5.74) is 0. The number of fused-ring (bicyclic) bond motifs is 1. The average Bonchev–Trinajstić information content (AvgIpc) is 3.20. The fourth-order valence-electron chi connectivity index (χ4n) is 3.99. The van der Waals surface area contributed by atoms with E-state index in [-0.39, 0.29) is 6.10 Å². The molecule has 4 atom stereocenters. The molecule has 0 aromatic heterocycles. The maximum atomic E-state index is 9.89. The van der Waals surface area contributed by atoms with Crippen molar-refractivity contribution in [2.75, 3.05) is 6.54 Å². The van der Waals surface area contributed by atoms with E-state index in [4.69, 9.17) is 0 Å². The third-order valence-electron chi connectivity index (χ3n) is 5.32. The second-order valence-corrected chi connectivity index (χ2v) is 6.63. The third kappa shape index (κ3) is 3.03. The molecule has 0 spiro atoms. The Balaban J connectivity index is 1.42. The number of aliphatic hydroxyl groups is 1. The van der Waals surface area contributed by atoms with Crippen LogP contribution in [0.2, 0.25) is 0 Å². The zero-order chi connectivity index (χ0) is 11.7. The molecule has 3 aliphatic rings. The van der Waals surface area contributed by atoms with Crippen molar-refractivity contribution in [1.29, 1.82) is 0 Å². The minimum absolute atomic E-state index is 0.0703. The molecule has 0 bridgehead atoms. The van der Waals surface area contributed by atoms with E-state index < -0.39 is 0 Å². The Hall–Kier alpha value is -0.0800. The Bertz CT molecular complexity index is 251. The van der Waals surface area contributed by atoms with Crippen LogP contribution in [-0.2, 0) is 0 Å². The predicted molar refractivity (Wildman–Crippen MR) is 69.8 cm³/mol. The maximum absolute atomic E-state index is 9.89. The van der Waals surface area contributed by atoms with Gasteiger partial charge in [-0.3, -0.25) is 0 Å². The lowest BCUT2D eigenvalue weighted by Crippen LogP contribution is -2.42. The van der Waals surface area contributed by atoms with Gasteiger partial charge in [0.25, 0.3) is 0 Å². The second-order valence-electron chi connectivity index (χ2n) is 6.63. The molecule has 2 N–H and O–H groups in total. The van der Waals surface area contributed by atoms with Gasteiger partial charge in [0.1, 0.15) is 0 Å². The summed E-state index contributed by atoms with van der Waals surface area (Å²) in [5.74, 6) is 2.65. The molecule has 0 saturated heterocycles. The lowest BCUT2D eigenvalue weighted by Gasteiger charge is -2.39. The number of nitrogens with one attached hydrogen (secondary N) is 1. The van der Waals surface area contributed by atoms with Gasteiger partial charge < -0.3 is 10.4 Å². The van der Waals surface area contributed by atoms with Gasteiger partial charge in [0, 0.05) is 12.6 Å². The molecule has 0 aliphatic heterocycles. The molecule has 98 valence electrons. The van der Waals surface area contributed by atoms with Crippen LogP contribution >= 0.6 is 0 Å². The van der Waals surface area contributed by atoms with Crippen LogP contribution in [0.25, 0.3) is 0 Å². The molecule has 0 radical (unpaired) electrons. The lowest BCUT2D eigenvalue weighted by atomic mass is 9.69. The molecule has 3 saturated carbocycles. The van der Waals surface area contributed by atoms with Crippen molar-refractivity contribution in [1.82, 2.24) is 5.32 Å². The Morgan fingerprint density at radius 2 is 1.71 bits per heavy atom. The molecule has 0 heterocycles. The predicted octanol–water partition coefficient (Wildman–Crippen LogP) is 2.71. The summed E-state index contributed by atoms with van der Waals surface area (Å²) in [6.07, 6.45) is 12.5. The highest BCUT2D eigenvalue weighted by atomic mass is 16.3. The van der Waals surface area contributed by atoms with E-state index in [0.717, 1.165) is 18.4 Å². The summed E-state index contributed by atoms with van der Waals surface area (Å²) >= 11 is 0. The average molecular weight is 237 g/mol. The molecule has 0 aromatic carbocycles. The monoisotopic (exact) mass is 237 g/mol. The summed E-state index contributed by atoms with van der Waals surface area (Å²) < 4.78 is 0. The first-order valence-electron chi connectivity index (χ1n) is 7.74. The summed E-state index contributed by atoms with van der Waals surface area (Å²) in [5, 5.41) is 13.5. The Morgan fingerprint density at radius 1 is 0.941 bits per heavy atom. The van der Waals surface area contributed by atoms with Gasteiger partial charge in [-0.2, -0.15) is 0 Å². The second kappa shape index (κ2) is 5.27. The standard InChI is InChI=1S/C15H27NO/c17-15(12-5-6-12)10-16-14-8-7-11-3-1-2-4-13(11)9-14/h11-17H,1-10H2. The van der Waals surface area contributed by atoms with Crippen molar-refractivity contribution < 1.29 is 5.11 Å². The normalized spacial score (nSPS) is 39.7. The minimum atomic E-state index is -0.0703. The highest BCUT2D eigenvalue weighted by Crippen LogP contribution is 2.40. The molecule has 17 heavy (non-hydrogen) atoms. The Morgan fingerprint density at radius 3 is 2.47 bits per heavy atom. The number of aliphatic hydroxyl groups excluding tert-OH is 1. The van der Waals surface area contributed by atoms with Crippen LogP contribution in [0, 0.1) is 17.8 Å². The van der Waals surface area contributed by atoms with E-state index in [0.29, 0.717) is 12.0 Å². The maximum Gasteiger partial charge on any atom is 0.0692 e. The fourth-order valence-corrected chi connectivity index (χ4v) is 3.99. The minimum Gasteiger partial charge on any atom is -0.392 e. The van der Waals surface area contributed by atoms with Gasteiger partial charge in [0.2, 0.25) is 0 Å². The van der Waals surface area contributed by atoms with E-state index in [9.17, 15) is 5.11 Å². The van der Waals surface area contributed by atoms with Gasteiger partial charge in [-0.1, -0.05) is 25.7 Å². The van der Waals surface area contributed by atoms with Crippen molar-refractivity contribution >= 4 is 0 Å². The van der Waals surface area contributed by atoms with Crippen LogP contribution in [0.1, 0.15) is 57.8 Å². The Labute approximate surface area is 105 Å². The zero-order valence-electron chi connectivity index (χ0n) is 10.9. The highest BCUT2D eigenvalue weighted by molar-refractivity contribution is 4.88. The van der Waals surface area contributed by atoms with Crippen LogP contribution < -0.4 is 5.32 Å². The molecule has 4 unspecified atom stereocenters. The van der Waals surface area contributed by atoms with Gasteiger partial charge in [-0.25, -0.2) is 0 Å². The first kappa shape index (κ1) is 12.0. The fraction of sp³-hybridized carbons (Fsp3) is 1.00. The van der Waals surface area contributed by atoms with Crippen LogP contribution in [0.4, 0.5) is 0 Å². The molecule has 3 fully saturated rings. The van der Waals surface area contributed by atoms with Gasteiger partial charge in [-0.05, 0) is 49.9 Å². The number of rotatable bonds is 4.